The summed E-state index contributed by atoms with van der Waals surface area (Å²) in [6.07, 6.45) is 7.10. The summed E-state index contributed by atoms with van der Waals surface area (Å²) in [6, 6.07) is 21.3. The van der Waals surface area contributed by atoms with Gasteiger partial charge in [-0.1, -0.05) is 56.0 Å². The molecular weight excluding hydrogens is 609 g/mol. The van der Waals surface area contributed by atoms with Gasteiger partial charge in [0.25, 0.3) is 0 Å². The Morgan fingerprint density at radius 1 is 0.915 bits per heavy atom. The standard InChI is InChI=1S/C35H40N8O3Si/c1-47(2,3)21-20-46-25-43-35(44)42(24-37-43)30-14-9-27(10-15-30)32-22-36-33(40-16-18-45-19-17-40)34-39-29(23-41(32)34)13-12-28-11-8-26-6-4-5-7-31(26)38-28/h4-11,14-15,22-24H,12-13,16-21,25H2,1-3H3. The molecule has 6 aromatic rings. The molecule has 1 saturated heterocycles. The van der Waals surface area contributed by atoms with Gasteiger partial charge in [0.2, 0.25) is 0 Å². The molecule has 0 atom stereocenters. The third-order valence-corrected chi connectivity index (χ3v) is 10.2. The number of anilines is 1. The zero-order chi connectivity index (χ0) is 32.4. The Labute approximate surface area is 274 Å². The van der Waals surface area contributed by atoms with Crippen LogP contribution in [0.15, 0.2) is 84.2 Å². The van der Waals surface area contributed by atoms with Crippen molar-refractivity contribution in [2.24, 2.45) is 0 Å². The van der Waals surface area contributed by atoms with Gasteiger partial charge in [-0.15, -0.1) is 0 Å². The van der Waals surface area contributed by atoms with Gasteiger partial charge in [0.15, 0.2) is 11.5 Å². The number of hydrogen-bond acceptors (Lipinski definition) is 8. The highest BCUT2D eigenvalue weighted by Gasteiger charge is 2.20. The number of ether oxygens (including phenoxy) is 2. The maximum Gasteiger partial charge on any atom is 0.352 e. The summed E-state index contributed by atoms with van der Waals surface area (Å²) < 4.78 is 16.4. The van der Waals surface area contributed by atoms with Crippen molar-refractivity contribution in [2.45, 2.75) is 45.3 Å². The van der Waals surface area contributed by atoms with Crippen molar-refractivity contribution in [3.8, 4) is 16.9 Å². The Kier molecular flexibility index (Phi) is 8.71. The van der Waals surface area contributed by atoms with Crippen LogP contribution in [0.2, 0.25) is 25.7 Å². The first-order chi connectivity index (χ1) is 22.8. The number of fused-ring (bicyclic) bond motifs is 2. The van der Waals surface area contributed by atoms with Gasteiger partial charge in [-0.2, -0.15) is 9.78 Å². The molecule has 242 valence electrons. The molecule has 0 unspecified atom stereocenters. The zero-order valence-corrected chi connectivity index (χ0v) is 28.2. The van der Waals surface area contributed by atoms with Gasteiger partial charge in [0.1, 0.15) is 13.1 Å². The summed E-state index contributed by atoms with van der Waals surface area (Å²) >= 11 is 0. The monoisotopic (exact) mass is 648 g/mol. The number of hydrogen-bond donors (Lipinski definition) is 0. The molecule has 0 aliphatic carbocycles. The minimum Gasteiger partial charge on any atom is -0.378 e. The minimum absolute atomic E-state index is 0.146. The first-order valence-electron chi connectivity index (χ1n) is 16.2. The SMILES string of the molecule is C[Si](C)(C)CCOCn1ncn(-c2ccc(-c3cnc(N4CCOCC4)c4nc(CCc5ccc6ccccc6n5)cn34)cc2)c1=O. The number of pyridine rings is 1. The second-order valence-corrected chi connectivity index (χ2v) is 18.8. The van der Waals surface area contributed by atoms with Crippen LogP contribution < -0.4 is 10.6 Å². The van der Waals surface area contributed by atoms with Crippen molar-refractivity contribution >= 4 is 30.4 Å². The van der Waals surface area contributed by atoms with Gasteiger partial charge in [-0.05, 0) is 43.2 Å². The molecule has 12 heteroatoms. The Morgan fingerprint density at radius 2 is 1.70 bits per heavy atom. The Hall–Kier alpha value is -4.65. The summed E-state index contributed by atoms with van der Waals surface area (Å²) in [7, 11) is -1.20. The van der Waals surface area contributed by atoms with E-state index in [0.717, 1.165) is 82.7 Å². The van der Waals surface area contributed by atoms with E-state index in [2.05, 4.69) is 64.5 Å². The van der Waals surface area contributed by atoms with Crippen LogP contribution in [-0.2, 0) is 29.0 Å². The van der Waals surface area contributed by atoms with Gasteiger partial charge in [-0.25, -0.2) is 19.3 Å². The van der Waals surface area contributed by atoms with E-state index in [0.29, 0.717) is 19.8 Å². The summed E-state index contributed by atoms with van der Waals surface area (Å²) in [4.78, 5) is 30.2. The van der Waals surface area contributed by atoms with Gasteiger partial charge in [0.05, 0.1) is 42.0 Å². The van der Waals surface area contributed by atoms with Gasteiger partial charge < -0.3 is 14.4 Å². The van der Waals surface area contributed by atoms with Gasteiger partial charge in [0, 0.05) is 50.6 Å². The van der Waals surface area contributed by atoms with Crippen LogP contribution in [0.5, 0.6) is 0 Å². The van der Waals surface area contributed by atoms with E-state index in [1.54, 1.807) is 6.33 Å². The third kappa shape index (κ3) is 6.90. The fourth-order valence-electron chi connectivity index (χ4n) is 5.77. The first kappa shape index (κ1) is 31.0. The number of morpholine rings is 1. The van der Waals surface area contributed by atoms with E-state index in [4.69, 9.17) is 24.4 Å². The predicted molar refractivity (Wildman–Crippen MR) is 186 cm³/mol. The number of aryl methyl sites for hydroxylation is 2. The third-order valence-electron chi connectivity index (χ3n) is 8.51. The van der Waals surface area contributed by atoms with Crippen LogP contribution >= 0.6 is 0 Å². The van der Waals surface area contributed by atoms with Gasteiger partial charge >= 0.3 is 5.69 Å². The van der Waals surface area contributed by atoms with E-state index < -0.39 is 8.07 Å². The van der Waals surface area contributed by atoms with Crippen LogP contribution in [0.25, 0.3) is 33.5 Å². The molecule has 0 saturated carbocycles. The molecule has 2 aromatic carbocycles. The molecule has 0 amide bonds. The molecule has 1 fully saturated rings. The van der Waals surface area contributed by atoms with E-state index in [-0.39, 0.29) is 12.4 Å². The minimum atomic E-state index is -1.20. The number of imidazole rings is 1. The topological polar surface area (TPSA) is 105 Å². The fraction of sp³-hybridized carbons (Fsp3) is 0.343. The molecule has 0 N–H and O–H groups in total. The van der Waals surface area contributed by atoms with Crippen molar-refractivity contribution in [2.75, 3.05) is 37.8 Å². The van der Waals surface area contributed by atoms with Crippen molar-refractivity contribution in [1.29, 1.82) is 0 Å². The highest BCUT2D eigenvalue weighted by atomic mass is 28.3. The molecular formula is C35H40N8O3Si. The quantitative estimate of drug-likeness (QED) is 0.139. The van der Waals surface area contributed by atoms with E-state index in [1.807, 2.05) is 42.6 Å². The average molecular weight is 649 g/mol. The Morgan fingerprint density at radius 3 is 2.51 bits per heavy atom. The molecule has 11 nitrogen and oxygen atoms in total. The number of benzene rings is 2. The van der Waals surface area contributed by atoms with Gasteiger partial charge in [-0.3, -0.25) is 9.38 Å². The summed E-state index contributed by atoms with van der Waals surface area (Å²) in [5.41, 5.74) is 6.23. The van der Waals surface area contributed by atoms with Crippen LogP contribution in [0, 0.1) is 0 Å². The summed E-state index contributed by atoms with van der Waals surface area (Å²) in [6.45, 7) is 10.6. The van der Waals surface area contributed by atoms with Crippen molar-refractivity contribution in [3.63, 3.8) is 0 Å². The lowest BCUT2D eigenvalue weighted by Gasteiger charge is -2.28. The zero-order valence-electron chi connectivity index (χ0n) is 27.2. The second-order valence-electron chi connectivity index (χ2n) is 13.2. The number of rotatable bonds is 11. The van der Waals surface area contributed by atoms with Crippen molar-refractivity contribution < 1.29 is 9.47 Å². The highest BCUT2D eigenvalue weighted by Crippen LogP contribution is 2.28. The molecule has 7 rings (SSSR count). The Bertz CT molecular complexity index is 2060. The second kappa shape index (κ2) is 13.2. The molecule has 47 heavy (non-hydrogen) atoms. The number of para-hydroxylation sites is 1. The molecule has 1 aliphatic rings. The van der Waals surface area contributed by atoms with Crippen LogP contribution in [0.1, 0.15) is 11.4 Å². The van der Waals surface area contributed by atoms with Crippen LogP contribution in [-0.4, -0.2) is 74.7 Å². The van der Waals surface area contributed by atoms with E-state index in [1.165, 1.54) is 9.25 Å². The Balaban J connectivity index is 1.14. The molecule has 4 aromatic heterocycles. The molecule has 5 heterocycles. The van der Waals surface area contributed by atoms with Crippen molar-refractivity contribution in [1.82, 2.24) is 33.7 Å². The molecule has 0 radical (unpaired) electrons. The molecule has 1 aliphatic heterocycles. The van der Waals surface area contributed by atoms with E-state index in [9.17, 15) is 4.79 Å². The van der Waals surface area contributed by atoms with E-state index >= 15 is 0 Å². The predicted octanol–water partition coefficient (Wildman–Crippen LogP) is 5.23. The number of aromatic nitrogens is 7. The summed E-state index contributed by atoms with van der Waals surface area (Å²) in [5.74, 6) is 0.856. The lowest BCUT2D eigenvalue weighted by molar-refractivity contribution is 0.0757. The number of nitrogens with zero attached hydrogens (tertiary/aromatic N) is 8. The maximum atomic E-state index is 13.1. The summed E-state index contributed by atoms with van der Waals surface area (Å²) in [5, 5.41) is 5.41. The lowest BCUT2D eigenvalue weighted by Crippen LogP contribution is -2.37. The average Bonchev–Trinajstić information content (AvgIpc) is 3.68. The van der Waals surface area contributed by atoms with Crippen molar-refractivity contribution in [3.05, 3.63) is 101 Å². The smallest absolute Gasteiger partial charge is 0.352 e. The first-order valence-corrected chi connectivity index (χ1v) is 19.9. The normalized spacial score (nSPS) is 14.0. The molecule has 0 spiro atoms. The highest BCUT2D eigenvalue weighted by molar-refractivity contribution is 6.76. The largest absolute Gasteiger partial charge is 0.378 e. The lowest BCUT2D eigenvalue weighted by atomic mass is 10.1. The fourth-order valence-corrected chi connectivity index (χ4v) is 6.53. The van der Waals surface area contributed by atoms with Crippen LogP contribution in [0.4, 0.5) is 5.82 Å². The van der Waals surface area contributed by atoms with Crippen LogP contribution in [0.3, 0.4) is 0 Å². The maximum absolute atomic E-state index is 13.1. The molecule has 0 bridgehead atoms.